The number of hydrogen-bond donors (Lipinski definition) is 1. The normalized spacial score (nSPS) is 11.4. The predicted octanol–water partition coefficient (Wildman–Crippen LogP) is 5.58. The lowest BCUT2D eigenvalue weighted by Crippen LogP contribution is -2.20. The van der Waals surface area contributed by atoms with Gasteiger partial charge in [-0.1, -0.05) is 23.7 Å². The van der Waals surface area contributed by atoms with Crippen LogP contribution in [0.2, 0.25) is 5.02 Å². The van der Waals surface area contributed by atoms with Crippen molar-refractivity contribution in [1.82, 2.24) is 9.66 Å². The van der Waals surface area contributed by atoms with E-state index in [2.05, 4.69) is 26.0 Å². The van der Waals surface area contributed by atoms with Crippen molar-refractivity contribution >= 4 is 61.6 Å². The lowest BCUT2D eigenvalue weighted by Gasteiger charge is -2.12. The first-order valence-electron chi connectivity index (χ1n) is 10.8. The molecule has 0 fully saturated rings. The van der Waals surface area contributed by atoms with Gasteiger partial charge in [0.05, 0.1) is 28.7 Å². The summed E-state index contributed by atoms with van der Waals surface area (Å²) in [6.45, 7) is -0.535. The molecule has 0 radical (unpaired) electrons. The summed E-state index contributed by atoms with van der Waals surface area (Å²) in [6.07, 6.45) is 1.45. The molecule has 2 heterocycles. The third kappa shape index (κ3) is 4.93. The van der Waals surface area contributed by atoms with Gasteiger partial charge < -0.3 is 19.0 Å². The van der Waals surface area contributed by atoms with E-state index in [9.17, 15) is 9.59 Å². The Hall–Kier alpha value is -4.15. The molecule has 0 saturated carbocycles. The highest BCUT2D eigenvalue weighted by atomic mass is 79.9. The van der Waals surface area contributed by atoms with Crippen LogP contribution in [0.3, 0.4) is 0 Å². The molecule has 0 spiro atoms. The smallest absolute Gasteiger partial charge is 0.341 e. The van der Waals surface area contributed by atoms with E-state index in [0.717, 1.165) is 10.1 Å². The summed E-state index contributed by atoms with van der Waals surface area (Å²) in [6, 6.07) is 17.2. The first-order chi connectivity index (χ1) is 17.8. The van der Waals surface area contributed by atoms with Crippen LogP contribution in [0.15, 0.2) is 79.4 Å². The molecule has 0 aliphatic carbocycles. The molecule has 3 aromatic carbocycles. The number of benzene rings is 3. The van der Waals surface area contributed by atoms with E-state index in [1.807, 2.05) is 0 Å². The fourth-order valence-electron chi connectivity index (χ4n) is 3.73. The van der Waals surface area contributed by atoms with Crippen molar-refractivity contribution in [3.63, 3.8) is 0 Å². The second-order valence-corrected chi connectivity index (χ2v) is 9.11. The van der Waals surface area contributed by atoms with Gasteiger partial charge in [0.25, 0.3) is 5.56 Å². The Morgan fingerprint density at radius 3 is 2.81 bits per heavy atom. The van der Waals surface area contributed by atoms with Gasteiger partial charge in [-0.25, -0.2) is 9.78 Å². The van der Waals surface area contributed by atoms with Crippen LogP contribution in [0, 0.1) is 0 Å². The van der Waals surface area contributed by atoms with Crippen molar-refractivity contribution in [3.05, 3.63) is 86.1 Å². The predicted molar refractivity (Wildman–Crippen MR) is 143 cm³/mol. The van der Waals surface area contributed by atoms with Crippen molar-refractivity contribution in [3.8, 4) is 23.1 Å². The number of carbonyl (C=O) groups is 1. The number of methoxy groups -OCH3 is 1. The second-order valence-electron chi connectivity index (χ2n) is 7.82. The van der Waals surface area contributed by atoms with Crippen molar-refractivity contribution in [2.24, 2.45) is 5.10 Å². The largest absolute Gasteiger partial charge is 0.493 e. The molecule has 186 valence electrons. The van der Waals surface area contributed by atoms with Crippen LogP contribution in [0.4, 0.5) is 0 Å². The molecule has 0 amide bonds. The number of hydrogen-bond acceptors (Lipinski definition) is 7. The molecule has 0 bridgehead atoms. The standard InChI is InChI=1S/C26H17BrClN3O6/c1-35-21-9-14(8-18(27)24(21)36-13-23(32)33)12-29-31-25(30-19-5-3-2-4-17(19)26(31)34)22-11-15-10-16(28)6-7-20(15)37-22/h2-12H,13H2,1H3,(H,32,33). The number of aromatic nitrogens is 2. The van der Waals surface area contributed by atoms with Gasteiger partial charge in [0.15, 0.2) is 23.9 Å². The number of fused-ring (bicyclic) bond motifs is 2. The molecule has 1 N–H and O–H groups in total. The molecule has 2 aromatic heterocycles. The molecular weight excluding hydrogens is 566 g/mol. The molecule has 0 unspecified atom stereocenters. The Labute approximate surface area is 222 Å². The first-order valence-corrected chi connectivity index (χ1v) is 12.0. The van der Waals surface area contributed by atoms with E-state index in [0.29, 0.717) is 37.3 Å². The van der Waals surface area contributed by atoms with Crippen LogP contribution >= 0.6 is 27.5 Å². The van der Waals surface area contributed by atoms with Gasteiger partial charge in [-0.05, 0) is 70.0 Å². The summed E-state index contributed by atoms with van der Waals surface area (Å²) in [5.74, 6) is -0.0556. The van der Waals surface area contributed by atoms with E-state index in [1.54, 1.807) is 60.7 Å². The zero-order valence-corrected chi connectivity index (χ0v) is 21.5. The summed E-state index contributed by atoms with van der Waals surface area (Å²) in [7, 11) is 1.43. The summed E-state index contributed by atoms with van der Waals surface area (Å²) in [5, 5.41) is 15.0. The number of carboxylic acid groups (broad SMARTS) is 1. The molecule has 37 heavy (non-hydrogen) atoms. The van der Waals surface area contributed by atoms with Crippen LogP contribution in [-0.2, 0) is 4.79 Å². The Bertz CT molecular complexity index is 1760. The SMILES string of the molecule is COc1cc(C=Nn2c(-c3cc4cc(Cl)ccc4o3)nc3ccccc3c2=O)cc(Br)c1OCC(=O)O. The Balaban J connectivity index is 1.63. The Morgan fingerprint density at radius 1 is 1.22 bits per heavy atom. The summed E-state index contributed by atoms with van der Waals surface area (Å²) in [5.41, 5.74) is 1.25. The second kappa shape index (κ2) is 10.1. The molecule has 9 nitrogen and oxygen atoms in total. The molecule has 5 aromatic rings. The number of para-hydroxylation sites is 1. The van der Waals surface area contributed by atoms with Crippen LogP contribution in [0.1, 0.15) is 5.56 Å². The third-order valence-electron chi connectivity index (χ3n) is 5.37. The summed E-state index contributed by atoms with van der Waals surface area (Å²) in [4.78, 5) is 29.0. The zero-order chi connectivity index (χ0) is 26.1. The molecule has 5 rings (SSSR count). The molecule has 0 aliphatic heterocycles. The molecule has 11 heteroatoms. The van der Waals surface area contributed by atoms with Gasteiger partial charge in [-0.3, -0.25) is 4.79 Å². The topological polar surface area (TPSA) is 116 Å². The van der Waals surface area contributed by atoms with E-state index < -0.39 is 12.6 Å². The van der Waals surface area contributed by atoms with E-state index >= 15 is 0 Å². The lowest BCUT2D eigenvalue weighted by molar-refractivity contribution is -0.139. The number of carboxylic acids is 1. The van der Waals surface area contributed by atoms with Crippen LogP contribution in [0.25, 0.3) is 33.5 Å². The van der Waals surface area contributed by atoms with Gasteiger partial charge in [0.1, 0.15) is 5.58 Å². The maximum Gasteiger partial charge on any atom is 0.341 e. The van der Waals surface area contributed by atoms with Gasteiger partial charge in [0.2, 0.25) is 5.82 Å². The number of aliphatic carboxylic acids is 1. The monoisotopic (exact) mass is 581 g/mol. The maximum atomic E-state index is 13.4. The molecule has 0 atom stereocenters. The first kappa shape index (κ1) is 24.5. The quantitative estimate of drug-likeness (QED) is 0.249. The molecule has 0 aliphatic rings. The van der Waals surface area contributed by atoms with Crippen molar-refractivity contribution in [1.29, 1.82) is 0 Å². The fourth-order valence-corrected chi connectivity index (χ4v) is 4.48. The Morgan fingerprint density at radius 2 is 2.03 bits per heavy atom. The average molecular weight is 583 g/mol. The van der Waals surface area contributed by atoms with Gasteiger partial charge >= 0.3 is 5.97 Å². The maximum absolute atomic E-state index is 13.4. The van der Waals surface area contributed by atoms with Crippen LogP contribution in [0.5, 0.6) is 11.5 Å². The highest BCUT2D eigenvalue weighted by molar-refractivity contribution is 9.10. The highest BCUT2D eigenvalue weighted by Crippen LogP contribution is 2.36. The number of halogens is 2. The average Bonchev–Trinajstić information content (AvgIpc) is 3.30. The number of rotatable bonds is 7. The van der Waals surface area contributed by atoms with Crippen LogP contribution in [-0.4, -0.2) is 40.7 Å². The van der Waals surface area contributed by atoms with E-state index in [4.69, 9.17) is 30.6 Å². The van der Waals surface area contributed by atoms with E-state index in [-0.39, 0.29) is 22.9 Å². The number of furan rings is 1. The van der Waals surface area contributed by atoms with Gasteiger partial charge in [0, 0.05) is 10.4 Å². The molecular formula is C26H17BrClN3O6. The summed E-state index contributed by atoms with van der Waals surface area (Å²) >= 11 is 9.49. The lowest BCUT2D eigenvalue weighted by atomic mass is 10.2. The summed E-state index contributed by atoms with van der Waals surface area (Å²) < 4.78 is 18.3. The minimum absolute atomic E-state index is 0.208. The van der Waals surface area contributed by atoms with Gasteiger partial charge in [-0.15, -0.1) is 0 Å². The Kier molecular flexibility index (Phi) is 6.68. The van der Waals surface area contributed by atoms with Crippen LogP contribution < -0.4 is 15.0 Å². The zero-order valence-electron chi connectivity index (χ0n) is 19.1. The third-order valence-corrected chi connectivity index (χ3v) is 6.19. The number of ether oxygens (including phenoxy) is 2. The minimum Gasteiger partial charge on any atom is -0.493 e. The van der Waals surface area contributed by atoms with Crippen molar-refractivity contribution in [2.45, 2.75) is 0 Å². The fraction of sp³-hybridized carbons (Fsp3) is 0.0769. The van der Waals surface area contributed by atoms with Crippen molar-refractivity contribution in [2.75, 3.05) is 13.7 Å². The van der Waals surface area contributed by atoms with E-state index in [1.165, 1.54) is 13.3 Å². The molecule has 0 saturated heterocycles. The van der Waals surface area contributed by atoms with Crippen molar-refractivity contribution < 1.29 is 23.8 Å². The highest BCUT2D eigenvalue weighted by Gasteiger charge is 2.17. The minimum atomic E-state index is -1.12. The number of nitrogens with zero attached hydrogens (tertiary/aromatic N) is 3. The van der Waals surface area contributed by atoms with Gasteiger partial charge in [-0.2, -0.15) is 9.78 Å².